The monoisotopic (exact) mass is 371 g/mol. The van der Waals surface area contributed by atoms with Crippen molar-refractivity contribution in [3.8, 4) is 0 Å². The number of likely N-dealkylation sites (N-methyl/N-ethyl adjacent to an activating group) is 1. The quantitative estimate of drug-likeness (QED) is 0.877. The number of aliphatic hydroxyl groups excluding tert-OH is 1. The molecule has 0 fully saturated rings. The Morgan fingerprint density at radius 2 is 2.00 bits per heavy atom. The molecule has 0 atom stereocenters. The van der Waals surface area contributed by atoms with Gasteiger partial charge in [0.1, 0.15) is 0 Å². The van der Waals surface area contributed by atoms with Gasteiger partial charge in [-0.2, -0.15) is 4.31 Å². The molecule has 16 heavy (non-hydrogen) atoms. The molecule has 0 heterocycles. The number of hydrogen-bond acceptors (Lipinski definition) is 3. The third-order valence-corrected chi connectivity index (χ3v) is 5.32. The summed E-state index contributed by atoms with van der Waals surface area (Å²) < 4.78 is 26.4. The molecule has 1 N–H and O–H groups in total. The molecule has 7 heteroatoms. The number of aliphatic hydroxyl groups is 1. The summed E-state index contributed by atoms with van der Waals surface area (Å²) in [6.45, 7) is -0.130. The lowest BCUT2D eigenvalue weighted by molar-refractivity contribution is 0.266. The minimum atomic E-state index is -3.54. The van der Waals surface area contributed by atoms with E-state index in [1.165, 1.54) is 13.1 Å². The number of sulfonamides is 1. The van der Waals surface area contributed by atoms with Crippen LogP contribution in [0.2, 0.25) is 0 Å². The van der Waals surface area contributed by atoms with E-state index in [9.17, 15) is 8.42 Å². The van der Waals surface area contributed by atoms with Crippen molar-refractivity contribution in [1.82, 2.24) is 4.31 Å². The highest BCUT2D eigenvalue weighted by atomic mass is 79.9. The van der Waals surface area contributed by atoms with Crippen LogP contribution in [0.4, 0.5) is 0 Å². The minimum absolute atomic E-state index is 0.0742. The predicted octanol–water partition coefficient (Wildman–Crippen LogP) is 1.82. The van der Waals surface area contributed by atoms with Crippen molar-refractivity contribution in [2.45, 2.75) is 4.90 Å². The van der Waals surface area contributed by atoms with Crippen molar-refractivity contribution in [1.29, 1.82) is 0 Å². The average molecular weight is 373 g/mol. The van der Waals surface area contributed by atoms with E-state index >= 15 is 0 Å². The van der Waals surface area contributed by atoms with E-state index in [-0.39, 0.29) is 18.0 Å². The molecule has 0 saturated heterocycles. The van der Waals surface area contributed by atoms with Gasteiger partial charge in [-0.25, -0.2) is 8.42 Å². The standard InChI is InChI=1S/C9H11Br2NO3S/c1-12(4-5-13)16(14,15)9-3-2-7(10)6-8(9)11/h2-3,6,13H,4-5H2,1H3. The highest BCUT2D eigenvalue weighted by molar-refractivity contribution is 9.11. The Morgan fingerprint density at radius 1 is 1.38 bits per heavy atom. The summed E-state index contributed by atoms with van der Waals surface area (Å²) >= 11 is 6.46. The third kappa shape index (κ3) is 3.04. The van der Waals surface area contributed by atoms with Crippen LogP contribution < -0.4 is 0 Å². The molecule has 0 bridgehead atoms. The molecule has 4 nitrogen and oxygen atoms in total. The van der Waals surface area contributed by atoms with Gasteiger partial charge in [0.25, 0.3) is 0 Å². The van der Waals surface area contributed by atoms with Crippen molar-refractivity contribution in [2.75, 3.05) is 20.2 Å². The molecule has 0 amide bonds. The van der Waals surface area contributed by atoms with E-state index in [0.29, 0.717) is 4.47 Å². The molecule has 0 aliphatic rings. The largest absolute Gasteiger partial charge is 0.395 e. The van der Waals surface area contributed by atoms with Gasteiger partial charge < -0.3 is 5.11 Å². The van der Waals surface area contributed by atoms with Crippen LogP contribution in [0.3, 0.4) is 0 Å². The Balaban J connectivity index is 3.17. The van der Waals surface area contributed by atoms with Crippen LogP contribution in [0.5, 0.6) is 0 Å². The molecule has 0 aliphatic carbocycles. The molecule has 90 valence electrons. The normalized spacial score (nSPS) is 12.1. The maximum Gasteiger partial charge on any atom is 0.244 e. The minimum Gasteiger partial charge on any atom is -0.395 e. The van der Waals surface area contributed by atoms with Crippen LogP contribution in [-0.4, -0.2) is 38.0 Å². The zero-order chi connectivity index (χ0) is 12.3. The van der Waals surface area contributed by atoms with E-state index in [0.717, 1.165) is 8.78 Å². The van der Waals surface area contributed by atoms with Gasteiger partial charge in [-0.05, 0) is 34.1 Å². The fourth-order valence-electron chi connectivity index (χ4n) is 1.11. The van der Waals surface area contributed by atoms with Crippen molar-refractivity contribution < 1.29 is 13.5 Å². The van der Waals surface area contributed by atoms with Gasteiger partial charge in [-0.3, -0.25) is 0 Å². The van der Waals surface area contributed by atoms with Gasteiger partial charge in [0, 0.05) is 22.5 Å². The molecule has 0 aliphatic heterocycles. The lowest BCUT2D eigenvalue weighted by atomic mass is 10.4. The summed E-state index contributed by atoms with van der Waals surface area (Å²) in [6.07, 6.45) is 0. The topological polar surface area (TPSA) is 57.6 Å². The van der Waals surface area contributed by atoms with Crippen molar-refractivity contribution in [3.63, 3.8) is 0 Å². The number of hydrogen-bond donors (Lipinski definition) is 1. The molecule has 0 radical (unpaired) electrons. The van der Waals surface area contributed by atoms with Crippen molar-refractivity contribution in [3.05, 3.63) is 27.1 Å². The number of rotatable bonds is 4. The Kier molecular flexibility index (Phi) is 4.93. The summed E-state index contributed by atoms with van der Waals surface area (Å²) in [6, 6.07) is 4.83. The summed E-state index contributed by atoms with van der Waals surface area (Å²) in [4.78, 5) is 0.187. The lowest BCUT2D eigenvalue weighted by Gasteiger charge is -2.16. The van der Waals surface area contributed by atoms with Crippen molar-refractivity contribution >= 4 is 41.9 Å². The molecule has 1 aromatic rings. The van der Waals surface area contributed by atoms with Crippen LogP contribution in [0.25, 0.3) is 0 Å². The van der Waals surface area contributed by atoms with Crippen LogP contribution in [0, 0.1) is 0 Å². The third-order valence-electron chi connectivity index (χ3n) is 2.00. The SMILES string of the molecule is CN(CCO)S(=O)(=O)c1ccc(Br)cc1Br. The summed E-state index contributed by atoms with van der Waals surface area (Å²) in [5.74, 6) is 0. The van der Waals surface area contributed by atoms with Crippen LogP contribution >= 0.6 is 31.9 Å². The molecule has 1 aromatic carbocycles. The molecular weight excluding hydrogens is 362 g/mol. The predicted molar refractivity (Wildman–Crippen MR) is 68.7 cm³/mol. The first-order valence-electron chi connectivity index (χ1n) is 4.42. The van der Waals surface area contributed by atoms with E-state index < -0.39 is 10.0 Å². The summed E-state index contributed by atoms with van der Waals surface area (Å²) in [7, 11) is -2.11. The first kappa shape index (κ1) is 14.1. The van der Waals surface area contributed by atoms with E-state index in [4.69, 9.17) is 5.11 Å². The van der Waals surface area contributed by atoms with Gasteiger partial charge in [-0.1, -0.05) is 15.9 Å². The van der Waals surface area contributed by atoms with Gasteiger partial charge >= 0.3 is 0 Å². The Morgan fingerprint density at radius 3 is 2.50 bits per heavy atom. The maximum absolute atomic E-state index is 12.0. The Bertz CT molecular complexity index is 476. The zero-order valence-corrected chi connectivity index (χ0v) is 12.5. The molecule has 0 spiro atoms. The summed E-state index contributed by atoms with van der Waals surface area (Å²) in [5, 5.41) is 8.73. The Hall–Kier alpha value is 0.0500. The van der Waals surface area contributed by atoms with Crippen LogP contribution in [0.1, 0.15) is 0 Å². The highest BCUT2D eigenvalue weighted by Crippen LogP contribution is 2.27. The van der Waals surface area contributed by atoms with Gasteiger partial charge in [0.05, 0.1) is 11.5 Å². The van der Waals surface area contributed by atoms with Gasteiger partial charge in [0.2, 0.25) is 10.0 Å². The highest BCUT2D eigenvalue weighted by Gasteiger charge is 2.22. The van der Waals surface area contributed by atoms with E-state index in [1.54, 1.807) is 12.1 Å². The maximum atomic E-state index is 12.0. The molecule has 0 unspecified atom stereocenters. The smallest absolute Gasteiger partial charge is 0.244 e. The molecular formula is C9H11Br2NO3S. The molecule has 1 rings (SSSR count). The van der Waals surface area contributed by atoms with E-state index in [2.05, 4.69) is 31.9 Å². The second-order valence-corrected chi connectivity index (χ2v) is 6.91. The average Bonchev–Trinajstić information content (AvgIpc) is 2.17. The molecule has 0 aromatic heterocycles. The second kappa shape index (κ2) is 5.59. The first-order valence-corrected chi connectivity index (χ1v) is 7.44. The summed E-state index contributed by atoms with van der Waals surface area (Å²) in [5.41, 5.74) is 0. The van der Waals surface area contributed by atoms with Gasteiger partial charge in [-0.15, -0.1) is 0 Å². The van der Waals surface area contributed by atoms with Gasteiger partial charge in [0.15, 0.2) is 0 Å². The number of halogens is 2. The number of nitrogens with zero attached hydrogens (tertiary/aromatic N) is 1. The van der Waals surface area contributed by atoms with E-state index in [1.807, 2.05) is 0 Å². The van der Waals surface area contributed by atoms with Crippen LogP contribution in [0.15, 0.2) is 32.0 Å². The van der Waals surface area contributed by atoms with Crippen molar-refractivity contribution in [2.24, 2.45) is 0 Å². The fourth-order valence-corrected chi connectivity index (χ4v) is 3.98. The second-order valence-electron chi connectivity index (χ2n) is 3.12. The first-order chi connectivity index (χ1) is 7.39. The Labute approximate surface area is 112 Å². The zero-order valence-electron chi connectivity index (χ0n) is 8.52. The fraction of sp³-hybridized carbons (Fsp3) is 0.333. The lowest BCUT2D eigenvalue weighted by Crippen LogP contribution is -2.29. The van der Waals surface area contributed by atoms with Crippen LogP contribution in [-0.2, 0) is 10.0 Å². The molecule has 0 saturated carbocycles. The number of benzene rings is 1.